The molecule has 0 amide bonds. The molecule has 0 unspecified atom stereocenters. The Balaban J connectivity index is 2.18. The van der Waals surface area contributed by atoms with Crippen molar-refractivity contribution in [2.75, 3.05) is 0 Å². The third kappa shape index (κ3) is 2.18. The lowest BCUT2D eigenvalue weighted by atomic mass is 10.2. The van der Waals surface area contributed by atoms with Crippen molar-refractivity contribution in [1.29, 1.82) is 0 Å². The minimum absolute atomic E-state index is 0.00319. The third-order valence-electron chi connectivity index (χ3n) is 3.17. The molecule has 3 rings (SSSR count). The largest absolute Gasteiger partial charge is 0.478 e. The van der Waals surface area contributed by atoms with Crippen LogP contribution in [0.5, 0.6) is 0 Å². The first kappa shape index (κ1) is 13.0. The maximum atomic E-state index is 12.5. The normalized spacial score (nSPS) is 10.9. The Kier molecular flexibility index (Phi) is 3.02. The number of carboxylic acid groups (broad SMARTS) is 1. The first-order valence-electron chi connectivity index (χ1n) is 6.18. The van der Waals surface area contributed by atoms with Crippen LogP contribution in [0.4, 0.5) is 0 Å². The lowest BCUT2D eigenvalue weighted by Gasteiger charge is -2.04. The second kappa shape index (κ2) is 4.86. The Labute approximate surface area is 118 Å². The van der Waals surface area contributed by atoms with Crippen LogP contribution in [-0.4, -0.2) is 25.6 Å². The number of hydrogen-bond donors (Lipinski definition) is 1. The quantitative estimate of drug-likeness (QED) is 0.781. The van der Waals surface area contributed by atoms with E-state index in [1.54, 1.807) is 24.5 Å². The summed E-state index contributed by atoms with van der Waals surface area (Å²) in [5, 5.41) is 9.21. The van der Waals surface area contributed by atoms with Crippen molar-refractivity contribution < 1.29 is 14.3 Å². The summed E-state index contributed by atoms with van der Waals surface area (Å²) < 4.78 is 6.58. The van der Waals surface area contributed by atoms with Gasteiger partial charge in [0.15, 0.2) is 0 Å². The highest BCUT2D eigenvalue weighted by Gasteiger charge is 2.22. The molecule has 21 heavy (non-hydrogen) atoms. The average molecular weight is 285 g/mol. The molecule has 7 heteroatoms. The highest BCUT2D eigenvalue weighted by molar-refractivity contribution is 6.02. The van der Waals surface area contributed by atoms with E-state index in [0.29, 0.717) is 0 Å². The predicted octanol–water partition coefficient (Wildman–Crippen LogP) is 1.44. The summed E-state index contributed by atoms with van der Waals surface area (Å²) in [5.74, 6) is -1.03. The molecule has 0 fully saturated rings. The third-order valence-corrected chi connectivity index (χ3v) is 3.17. The van der Waals surface area contributed by atoms with E-state index in [1.807, 2.05) is 0 Å². The summed E-state index contributed by atoms with van der Waals surface area (Å²) in [6, 6.07) is 3.55. The van der Waals surface area contributed by atoms with Gasteiger partial charge in [-0.15, -0.1) is 0 Å². The molecule has 3 aromatic rings. The minimum Gasteiger partial charge on any atom is -0.478 e. The lowest BCUT2D eigenvalue weighted by molar-refractivity contribution is 0.0697. The van der Waals surface area contributed by atoms with Crippen LogP contribution in [0, 0.1) is 6.92 Å². The van der Waals surface area contributed by atoms with Gasteiger partial charge in [-0.1, -0.05) is 0 Å². The van der Waals surface area contributed by atoms with E-state index in [1.165, 1.54) is 17.8 Å². The molecule has 7 nitrogen and oxygen atoms in total. The van der Waals surface area contributed by atoms with Crippen molar-refractivity contribution >= 4 is 17.1 Å². The number of nitrogens with zero attached hydrogens (tertiary/aromatic N) is 3. The number of fused-ring (bicyclic) bond motifs is 1. The molecule has 3 heterocycles. The first-order valence-corrected chi connectivity index (χ1v) is 6.18. The maximum Gasteiger partial charge on any atom is 0.340 e. The van der Waals surface area contributed by atoms with E-state index < -0.39 is 11.5 Å². The first-order chi connectivity index (χ1) is 10.1. The molecule has 0 saturated heterocycles. The van der Waals surface area contributed by atoms with E-state index >= 15 is 0 Å². The number of carbonyl (C=O) groups is 1. The van der Waals surface area contributed by atoms with Gasteiger partial charge in [-0.2, -0.15) is 0 Å². The van der Waals surface area contributed by atoms with Crippen LogP contribution in [0.2, 0.25) is 0 Å². The second-order valence-corrected chi connectivity index (χ2v) is 4.55. The molecule has 3 aromatic heterocycles. The predicted molar refractivity (Wildman–Crippen MR) is 73.3 cm³/mol. The molecule has 0 aliphatic carbocycles. The van der Waals surface area contributed by atoms with Crippen molar-refractivity contribution in [2.45, 2.75) is 13.5 Å². The van der Waals surface area contributed by atoms with Gasteiger partial charge in [0.05, 0.1) is 6.54 Å². The van der Waals surface area contributed by atoms with Crippen LogP contribution in [-0.2, 0) is 6.54 Å². The van der Waals surface area contributed by atoms with E-state index in [9.17, 15) is 14.7 Å². The number of rotatable bonds is 3. The van der Waals surface area contributed by atoms with Gasteiger partial charge in [0.25, 0.3) is 5.56 Å². The second-order valence-electron chi connectivity index (χ2n) is 4.55. The Morgan fingerprint density at radius 3 is 2.76 bits per heavy atom. The lowest BCUT2D eigenvalue weighted by Crippen LogP contribution is -2.22. The molecule has 0 spiro atoms. The average Bonchev–Trinajstić information content (AvgIpc) is 2.80. The van der Waals surface area contributed by atoms with Gasteiger partial charge >= 0.3 is 5.97 Å². The highest BCUT2D eigenvalue weighted by atomic mass is 16.4. The fraction of sp³-hybridized carbons (Fsp3) is 0.143. The zero-order valence-corrected chi connectivity index (χ0v) is 11.1. The number of furan rings is 1. The highest BCUT2D eigenvalue weighted by Crippen LogP contribution is 2.20. The van der Waals surface area contributed by atoms with Crippen molar-refractivity contribution in [2.24, 2.45) is 0 Å². The summed E-state index contributed by atoms with van der Waals surface area (Å²) in [7, 11) is 0. The van der Waals surface area contributed by atoms with Crippen LogP contribution in [0.3, 0.4) is 0 Å². The zero-order valence-electron chi connectivity index (χ0n) is 11.1. The van der Waals surface area contributed by atoms with Crippen molar-refractivity contribution in [3.8, 4) is 0 Å². The fourth-order valence-electron chi connectivity index (χ4n) is 2.19. The summed E-state index contributed by atoms with van der Waals surface area (Å²) in [6.45, 7) is 1.78. The number of aromatic carboxylic acids is 1. The molecule has 0 saturated carbocycles. The summed E-state index contributed by atoms with van der Waals surface area (Å²) in [4.78, 5) is 31.7. The molecule has 0 aliphatic rings. The molecular weight excluding hydrogens is 274 g/mol. The van der Waals surface area contributed by atoms with Crippen LogP contribution in [0.25, 0.3) is 11.1 Å². The van der Waals surface area contributed by atoms with Gasteiger partial charge in [-0.25, -0.2) is 9.78 Å². The van der Waals surface area contributed by atoms with Gasteiger partial charge in [0.2, 0.25) is 5.71 Å². The van der Waals surface area contributed by atoms with Gasteiger partial charge in [0.1, 0.15) is 23.0 Å². The SMILES string of the molecule is Cc1oc2ncn(Cc3ccncc3)c(=O)c2c1C(=O)O. The Morgan fingerprint density at radius 1 is 1.38 bits per heavy atom. The van der Waals surface area contributed by atoms with Gasteiger partial charge in [0, 0.05) is 12.4 Å². The molecule has 0 aliphatic heterocycles. The maximum absolute atomic E-state index is 12.5. The van der Waals surface area contributed by atoms with Crippen LogP contribution in [0.15, 0.2) is 40.1 Å². The molecule has 1 N–H and O–H groups in total. The molecule has 106 valence electrons. The molecule has 0 bridgehead atoms. The molecule has 0 radical (unpaired) electrons. The summed E-state index contributed by atoms with van der Waals surface area (Å²) in [5.41, 5.74) is 0.337. The number of hydrogen-bond acceptors (Lipinski definition) is 5. The smallest absolute Gasteiger partial charge is 0.340 e. The van der Waals surface area contributed by atoms with E-state index in [-0.39, 0.29) is 29.0 Å². The number of aryl methyl sites for hydroxylation is 1. The standard InChI is InChI=1S/C14H11N3O4/c1-8-10(14(19)20)11-12(21-8)16-7-17(13(11)18)6-9-2-4-15-5-3-9/h2-5,7H,6H2,1H3,(H,19,20). The molecular formula is C14H11N3O4. The van der Waals surface area contributed by atoms with Crippen molar-refractivity contribution in [3.05, 3.63) is 58.1 Å². The number of carboxylic acids is 1. The molecule has 0 aromatic carbocycles. The van der Waals surface area contributed by atoms with Crippen LogP contribution >= 0.6 is 0 Å². The van der Waals surface area contributed by atoms with Crippen molar-refractivity contribution in [3.63, 3.8) is 0 Å². The monoisotopic (exact) mass is 285 g/mol. The van der Waals surface area contributed by atoms with E-state index in [2.05, 4.69) is 9.97 Å². The topological polar surface area (TPSA) is 98.2 Å². The van der Waals surface area contributed by atoms with Crippen LogP contribution in [0.1, 0.15) is 21.7 Å². The van der Waals surface area contributed by atoms with Crippen molar-refractivity contribution in [1.82, 2.24) is 14.5 Å². The minimum atomic E-state index is -1.20. The number of aromatic nitrogens is 3. The Morgan fingerprint density at radius 2 is 2.10 bits per heavy atom. The van der Waals surface area contributed by atoms with E-state index in [4.69, 9.17) is 4.42 Å². The van der Waals surface area contributed by atoms with Gasteiger partial charge < -0.3 is 9.52 Å². The number of pyridine rings is 1. The van der Waals surface area contributed by atoms with Gasteiger partial charge in [-0.05, 0) is 24.6 Å². The zero-order chi connectivity index (χ0) is 15.0. The summed E-state index contributed by atoms with van der Waals surface area (Å²) >= 11 is 0. The molecule has 0 atom stereocenters. The summed E-state index contributed by atoms with van der Waals surface area (Å²) in [6.07, 6.45) is 4.59. The van der Waals surface area contributed by atoms with Gasteiger partial charge in [-0.3, -0.25) is 14.3 Å². The van der Waals surface area contributed by atoms with Crippen LogP contribution < -0.4 is 5.56 Å². The fourth-order valence-corrected chi connectivity index (χ4v) is 2.19. The Hall–Kier alpha value is -2.96. The Bertz CT molecular complexity index is 880. The van der Waals surface area contributed by atoms with E-state index in [0.717, 1.165) is 5.56 Å².